The smallest absolute Gasteiger partial charge is 0.115 e. The van der Waals surface area contributed by atoms with E-state index in [1.807, 2.05) is 23.7 Å². The summed E-state index contributed by atoms with van der Waals surface area (Å²) in [4.78, 5) is 15.9. The van der Waals surface area contributed by atoms with Gasteiger partial charge in [-0.25, -0.2) is 15.0 Å². The topological polar surface area (TPSA) is 41.9 Å². The van der Waals surface area contributed by atoms with Crippen LogP contribution in [0.4, 0.5) is 0 Å². The Hall–Kier alpha value is -1.85. The van der Waals surface area contributed by atoms with Crippen molar-refractivity contribution >= 4 is 21.6 Å². The van der Waals surface area contributed by atoms with Gasteiger partial charge in [0.15, 0.2) is 0 Å². The van der Waals surface area contributed by atoms with E-state index in [0.29, 0.717) is 5.92 Å². The number of benzene rings is 1. The Morgan fingerprint density at radius 1 is 0.960 bits per heavy atom. The summed E-state index contributed by atoms with van der Waals surface area (Å²) in [6.45, 7) is 2.61. The largest absolute Gasteiger partial charge is 0.300 e. The first-order valence-electron chi connectivity index (χ1n) is 9.27. The molecule has 0 atom stereocenters. The Balaban J connectivity index is 1.33. The molecule has 0 unspecified atom stereocenters. The van der Waals surface area contributed by atoms with E-state index in [1.165, 1.54) is 60.5 Å². The van der Waals surface area contributed by atoms with Crippen molar-refractivity contribution in [2.24, 2.45) is 0 Å². The van der Waals surface area contributed by atoms with Crippen LogP contribution in [0.5, 0.6) is 0 Å². The number of fused-ring (bicyclic) bond motifs is 1. The predicted molar refractivity (Wildman–Crippen MR) is 102 cm³/mol. The van der Waals surface area contributed by atoms with Crippen molar-refractivity contribution in [3.8, 4) is 11.1 Å². The van der Waals surface area contributed by atoms with Gasteiger partial charge in [0.2, 0.25) is 0 Å². The van der Waals surface area contributed by atoms with Crippen LogP contribution in [0.3, 0.4) is 0 Å². The van der Waals surface area contributed by atoms with Gasteiger partial charge >= 0.3 is 0 Å². The highest BCUT2D eigenvalue weighted by Gasteiger charge is 2.36. The van der Waals surface area contributed by atoms with Crippen molar-refractivity contribution in [2.45, 2.75) is 44.1 Å². The summed E-state index contributed by atoms with van der Waals surface area (Å²) in [7, 11) is 0. The fourth-order valence-corrected chi connectivity index (χ4v) is 5.25. The number of hydrogen-bond donors (Lipinski definition) is 0. The molecular formula is C20H22N4S. The second-order valence-electron chi connectivity index (χ2n) is 7.28. The third-order valence-electron chi connectivity index (χ3n) is 5.67. The van der Waals surface area contributed by atoms with Crippen LogP contribution in [0.1, 0.15) is 43.0 Å². The average molecular weight is 350 g/mol. The molecule has 1 saturated carbocycles. The first kappa shape index (κ1) is 15.4. The second-order valence-corrected chi connectivity index (χ2v) is 8.34. The fraction of sp³-hybridized carbons (Fsp3) is 0.450. The Morgan fingerprint density at radius 2 is 1.76 bits per heavy atom. The molecule has 0 spiro atoms. The zero-order chi connectivity index (χ0) is 16.6. The van der Waals surface area contributed by atoms with Gasteiger partial charge in [-0.2, -0.15) is 0 Å². The molecule has 0 amide bonds. The Morgan fingerprint density at radius 3 is 2.56 bits per heavy atom. The van der Waals surface area contributed by atoms with Gasteiger partial charge in [-0.1, -0.05) is 12.5 Å². The van der Waals surface area contributed by atoms with Crippen molar-refractivity contribution in [3.63, 3.8) is 0 Å². The summed E-state index contributed by atoms with van der Waals surface area (Å²) in [6, 6.07) is 7.30. The first-order valence-corrected chi connectivity index (χ1v) is 10.1. The molecule has 1 aliphatic carbocycles. The summed E-state index contributed by atoms with van der Waals surface area (Å²) in [5, 5.41) is 1.32. The summed E-state index contributed by atoms with van der Waals surface area (Å²) >= 11 is 1.87. The third-order valence-corrected chi connectivity index (χ3v) is 6.85. The second kappa shape index (κ2) is 6.46. The highest BCUT2D eigenvalue weighted by molar-refractivity contribution is 7.18. The van der Waals surface area contributed by atoms with Crippen LogP contribution in [0.2, 0.25) is 0 Å². The van der Waals surface area contributed by atoms with Crippen LogP contribution in [-0.4, -0.2) is 39.0 Å². The standard InChI is InChI=1S/C20H22N4S/c1-2-6-24(7-3-1)17-8-15(9-17)20-23-18-5-4-14(10-19(18)25-20)16-11-21-13-22-12-16/h4-5,10-13,15,17H,1-3,6-9H2/t15-,17+. The molecule has 2 aliphatic rings. The minimum Gasteiger partial charge on any atom is -0.300 e. The maximum atomic E-state index is 4.92. The van der Waals surface area contributed by atoms with Gasteiger partial charge in [0.25, 0.3) is 0 Å². The van der Waals surface area contributed by atoms with Gasteiger partial charge in [-0.15, -0.1) is 11.3 Å². The summed E-state index contributed by atoms with van der Waals surface area (Å²) < 4.78 is 1.28. The van der Waals surface area contributed by atoms with Crippen LogP contribution in [0.25, 0.3) is 21.3 Å². The molecule has 3 heterocycles. The molecule has 1 aliphatic heterocycles. The van der Waals surface area contributed by atoms with Gasteiger partial charge in [0, 0.05) is 29.9 Å². The van der Waals surface area contributed by atoms with Gasteiger partial charge in [-0.05, 0) is 56.5 Å². The van der Waals surface area contributed by atoms with Crippen molar-refractivity contribution in [1.82, 2.24) is 19.9 Å². The number of aromatic nitrogens is 3. The van der Waals surface area contributed by atoms with E-state index >= 15 is 0 Å². The zero-order valence-corrected chi connectivity index (χ0v) is 15.1. The van der Waals surface area contributed by atoms with E-state index in [-0.39, 0.29) is 0 Å². The van der Waals surface area contributed by atoms with Gasteiger partial charge in [0.1, 0.15) is 6.33 Å². The molecule has 5 rings (SSSR count). The quantitative estimate of drug-likeness (QED) is 0.698. The molecule has 2 fully saturated rings. The molecule has 0 N–H and O–H groups in total. The van der Waals surface area contributed by atoms with Gasteiger partial charge < -0.3 is 4.90 Å². The molecule has 128 valence electrons. The van der Waals surface area contributed by atoms with Crippen LogP contribution >= 0.6 is 11.3 Å². The van der Waals surface area contributed by atoms with E-state index < -0.39 is 0 Å². The fourth-order valence-electron chi connectivity index (χ4n) is 4.12. The zero-order valence-electron chi connectivity index (χ0n) is 14.3. The lowest BCUT2D eigenvalue weighted by Crippen LogP contribution is -2.46. The van der Waals surface area contributed by atoms with Crippen molar-refractivity contribution in [3.05, 3.63) is 41.9 Å². The molecule has 4 nitrogen and oxygen atoms in total. The van der Waals surface area contributed by atoms with Crippen LogP contribution in [0.15, 0.2) is 36.9 Å². The Bertz CT molecular complexity index is 864. The number of thiazole rings is 1. The van der Waals surface area contributed by atoms with E-state index in [2.05, 4.69) is 33.1 Å². The average Bonchev–Trinajstić information content (AvgIpc) is 3.04. The minimum absolute atomic E-state index is 0.660. The number of hydrogen-bond acceptors (Lipinski definition) is 5. The highest BCUT2D eigenvalue weighted by Crippen LogP contribution is 2.43. The SMILES string of the molecule is c1ncc(-c2ccc3nc([C@H]4C[C@@H](N5CCCCC5)C4)sc3c2)cn1. The van der Waals surface area contributed by atoms with Crippen molar-refractivity contribution in [2.75, 3.05) is 13.1 Å². The summed E-state index contributed by atoms with van der Waals surface area (Å²) in [6.07, 6.45) is 12.1. The number of rotatable bonds is 3. The maximum absolute atomic E-state index is 4.92. The van der Waals surface area contributed by atoms with Crippen LogP contribution in [-0.2, 0) is 0 Å². The highest BCUT2D eigenvalue weighted by atomic mass is 32.1. The molecule has 25 heavy (non-hydrogen) atoms. The third kappa shape index (κ3) is 2.96. The summed E-state index contributed by atoms with van der Waals surface area (Å²) in [5.41, 5.74) is 3.36. The monoisotopic (exact) mass is 350 g/mol. The van der Waals surface area contributed by atoms with E-state index in [9.17, 15) is 0 Å². The first-order chi connectivity index (χ1) is 12.4. The minimum atomic E-state index is 0.660. The molecule has 5 heteroatoms. The van der Waals surface area contributed by atoms with Crippen molar-refractivity contribution in [1.29, 1.82) is 0 Å². The predicted octanol–water partition coefficient (Wildman–Crippen LogP) is 4.49. The lowest BCUT2D eigenvalue weighted by Gasteiger charge is -2.43. The molecule has 3 aromatic rings. The number of likely N-dealkylation sites (tertiary alicyclic amines) is 1. The molecule has 0 radical (unpaired) electrons. The Labute approximate surface area is 152 Å². The van der Waals surface area contributed by atoms with E-state index in [1.54, 1.807) is 6.33 Å². The van der Waals surface area contributed by atoms with Gasteiger partial charge in [-0.3, -0.25) is 0 Å². The van der Waals surface area contributed by atoms with Crippen LogP contribution in [0, 0.1) is 0 Å². The van der Waals surface area contributed by atoms with Crippen molar-refractivity contribution < 1.29 is 0 Å². The summed E-state index contributed by atoms with van der Waals surface area (Å²) in [5.74, 6) is 0.660. The molecule has 1 aromatic carbocycles. The lowest BCUT2D eigenvalue weighted by molar-refractivity contribution is 0.0888. The molecular weight excluding hydrogens is 328 g/mol. The molecule has 1 saturated heterocycles. The number of nitrogens with zero attached hydrogens (tertiary/aromatic N) is 4. The normalized spacial score (nSPS) is 24.3. The maximum Gasteiger partial charge on any atom is 0.115 e. The molecule has 0 bridgehead atoms. The Kier molecular flexibility index (Phi) is 3.98. The van der Waals surface area contributed by atoms with E-state index in [0.717, 1.165) is 17.1 Å². The lowest BCUT2D eigenvalue weighted by atomic mass is 9.79. The van der Waals surface area contributed by atoms with E-state index in [4.69, 9.17) is 4.98 Å². The van der Waals surface area contributed by atoms with Gasteiger partial charge in [0.05, 0.1) is 15.2 Å². The molecule has 2 aromatic heterocycles. The number of piperidine rings is 1. The van der Waals surface area contributed by atoms with Crippen LogP contribution < -0.4 is 0 Å².